The van der Waals surface area contributed by atoms with Crippen molar-refractivity contribution >= 4 is 5.97 Å². The molecular formula is C8H13NO2. The van der Waals surface area contributed by atoms with Gasteiger partial charge in [-0.3, -0.25) is 4.79 Å². The van der Waals surface area contributed by atoms with E-state index in [-0.39, 0.29) is 5.54 Å². The molecule has 2 aliphatic carbocycles. The molecule has 0 spiro atoms. The summed E-state index contributed by atoms with van der Waals surface area (Å²) in [4.78, 5) is 10.9. The first-order chi connectivity index (χ1) is 5.11. The molecule has 62 valence electrons. The van der Waals surface area contributed by atoms with Gasteiger partial charge in [0, 0.05) is 5.54 Å². The van der Waals surface area contributed by atoms with Crippen LogP contribution in [0.25, 0.3) is 0 Å². The van der Waals surface area contributed by atoms with Crippen molar-refractivity contribution in [2.45, 2.75) is 37.6 Å². The number of carboxylic acid groups (broad SMARTS) is 1. The lowest BCUT2D eigenvalue weighted by atomic mass is 9.62. The lowest BCUT2D eigenvalue weighted by Gasteiger charge is -2.42. The highest BCUT2D eigenvalue weighted by atomic mass is 16.4. The van der Waals surface area contributed by atoms with E-state index in [2.05, 4.69) is 0 Å². The molecule has 0 heterocycles. The summed E-state index contributed by atoms with van der Waals surface area (Å²) >= 11 is 0. The fourth-order valence-corrected chi connectivity index (χ4v) is 2.07. The third-order valence-corrected chi connectivity index (χ3v) is 3.36. The van der Waals surface area contributed by atoms with Crippen LogP contribution < -0.4 is 5.73 Å². The number of carboxylic acids is 1. The van der Waals surface area contributed by atoms with Gasteiger partial charge in [0.25, 0.3) is 0 Å². The summed E-state index contributed by atoms with van der Waals surface area (Å²) < 4.78 is 0. The van der Waals surface area contributed by atoms with E-state index in [9.17, 15) is 4.79 Å². The molecule has 3 nitrogen and oxygen atoms in total. The Bertz CT molecular complexity index is 204. The second kappa shape index (κ2) is 1.78. The van der Waals surface area contributed by atoms with Gasteiger partial charge in [-0.25, -0.2) is 0 Å². The molecule has 3 N–H and O–H groups in total. The van der Waals surface area contributed by atoms with Crippen LogP contribution in [0.2, 0.25) is 0 Å². The van der Waals surface area contributed by atoms with Crippen LogP contribution in [0.5, 0.6) is 0 Å². The summed E-state index contributed by atoms with van der Waals surface area (Å²) in [6.07, 6.45) is 4.42. The van der Waals surface area contributed by atoms with E-state index >= 15 is 0 Å². The van der Waals surface area contributed by atoms with Gasteiger partial charge in [0.1, 0.15) is 0 Å². The van der Waals surface area contributed by atoms with E-state index in [1.165, 1.54) is 0 Å². The molecule has 2 rings (SSSR count). The average molecular weight is 155 g/mol. The third-order valence-electron chi connectivity index (χ3n) is 3.36. The monoisotopic (exact) mass is 155 g/mol. The van der Waals surface area contributed by atoms with Gasteiger partial charge >= 0.3 is 5.97 Å². The Labute approximate surface area is 65.6 Å². The predicted octanol–water partition coefficient (Wildman–Crippen LogP) is 0.733. The number of hydrogen-bond donors (Lipinski definition) is 2. The Morgan fingerprint density at radius 2 is 1.82 bits per heavy atom. The SMILES string of the molecule is NC1(C2(C(=O)O)CCC2)CC1. The lowest BCUT2D eigenvalue weighted by molar-refractivity contribution is -0.157. The number of carbonyl (C=O) groups is 1. The minimum absolute atomic E-state index is 0.336. The largest absolute Gasteiger partial charge is 0.481 e. The van der Waals surface area contributed by atoms with Crippen LogP contribution in [-0.4, -0.2) is 16.6 Å². The topological polar surface area (TPSA) is 63.3 Å². The van der Waals surface area contributed by atoms with Gasteiger partial charge in [-0.1, -0.05) is 6.42 Å². The molecule has 2 aliphatic rings. The molecule has 0 atom stereocenters. The van der Waals surface area contributed by atoms with Crippen molar-refractivity contribution in [3.05, 3.63) is 0 Å². The van der Waals surface area contributed by atoms with Gasteiger partial charge in [0.2, 0.25) is 0 Å². The zero-order valence-electron chi connectivity index (χ0n) is 6.47. The Morgan fingerprint density at radius 1 is 1.27 bits per heavy atom. The quantitative estimate of drug-likeness (QED) is 0.618. The Morgan fingerprint density at radius 3 is 1.91 bits per heavy atom. The molecule has 0 radical (unpaired) electrons. The highest BCUT2D eigenvalue weighted by Gasteiger charge is 2.63. The van der Waals surface area contributed by atoms with Crippen molar-refractivity contribution in [3.63, 3.8) is 0 Å². The highest BCUT2D eigenvalue weighted by Crippen LogP contribution is 2.58. The van der Waals surface area contributed by atoms with Gasteiger partial charge in [-0.2, -0.15) is 0 Å². The minimum atomic E-state index is -0.677. The molecule has 0 aromatic rings. The minimum Gasteiger partial charge on any atom is -0.481 e. The summed E-state index contributed by atoms with van der Waals surface area (Å²) in [5.41, 5.74) is 5.04. The number of nitrogens with two attached hydrogens (primary N) is 1. The number of aliphatic carboxylic acids is 1. The zero-order chi connectivity index (χ0) is 8.11. The zero-order valence-corrected chi connectivity index (χ0v) is 6.47. The average Bonchev–Trinajstić information content (AvgIpc) is 2.42. The van der Waals surface area contributed by atoms with Gasteiger partial charge in [-0.15, -0.1) is 0 Å². The number of hydrogen-bond acceptors (Lipinski definition) is 2. The summed E-state index contributed by atoms with van der Waals surface area (Å²) in [6, 6.07) is 0. The first-order valence-corrected chi connectivity index (χ1v) is 4.13. The highest BCUT2D eigenvalue weighted by molar-refractivity contribution is 5.78. The Kier molecular flexibility index (Phi) is 1.15. The molecule has 2 saturated carbocycles. The van der Waals surface area contributed by atoms with E-state index in [1.54, 1.807) is 0 Å². The van der Waals surface area contributed by atoms with Crippen molar-refractivity contribution in [2.75, 3.05) is 0 Å². The van der Waals surface area contributed by atoms with E-state index in [4.69, 9.17) is 10.8 Å². The fraction of sp³-hybridized carbons (Fsp3) is 0.875. The normalized spacial score (nSPS) is 30.6. The van der Waals surface area contributed by atoms with E-state index in [1.807, 2.05) is 0 Å². The maximum absolute atomic E-state index is 10.9. The van der Waals surface area contributed by atoms with Gasteiger partial charge < -0.3 is 10.8 Å². The van der Waals surface area contributed by atoms with Crippen LogP contribution in [0.3, 0.4) is 0 Å². The van der Waals surface area contributed by atoms with Crippen molar-refractivity contribution in [2.24, 2.45) is 11.1 Å². The van der Waals surface area contributed by atoms with Crippen LogP contribution >= 0.6 is 0 Å². The second-order valence-corrected chi connectivity index (χ2v) is 3.90. The fourth-order valence-electron chi connectivity index (χ4n) is 2.07. The molecular weight excluding hydrogens is 142 g/mol. The van der Waals surface area contributed by atoms with Crippen LogP contribution in [0.4, 0.5) is 0 Å². The van der Waals surface area contributed by atoms with Gasteiger partial charge in [-0.05, 0) is 25.7 Å². The number of rotatable bonds is 2. The standard InChI is InChI=1S/C8H13NO2/c9-8(4-5-8)7(6(10)11)2-1-3-7/h1-5,9H2,(H,10,11). The molecule has 0 bridgehead atoms. The molecule has 0 aromatic heterocycles. The van der Waals surface area contributed by atoms with Crippen molar-refractivity contribution in [1.82, 2.24) is 0 Å². The summed E-state index contributed by atoms with van der Waals surface area (Å²) in [5.74, 6) is -0.677. The van der Waals surface area contributed by atoms with Crippen molar-refractivity contribution < 1.29 is 9.90 Å². The molecule has 3 heteroatoms. The first-order valence-electron chi connectivity index (χ1n) is 4.13. The summed E-state index contributed by atoms with van der Waals surface area (Å²) in [5, 5.41) is 8.98. The Hall–Kier alpha value is -0.570. The van der Waals surface area contributed by atoms with Crippen LogP contribution in [-0.2, 0) is 4.79 Å². The second-order valence-electron chi connectivity index (χ2n) is 3.90. The molecule has 2 fully saturated rings. The smallest absolute Gasteiger partial charge is 0.311 e. The third kappa shape index (κ3) is 0.692. The molecule has 0 unspecified atom stereocenters. The predicted molar refractivity (Wildman–Crippen MR) is 40.1 cm³/mol. The maximum atomic E-state index is 10.9. The van der Waals surface area contributed by atoms with Crippen LogP contribution in [0, 0.1) is 5.41 Å². The van der Waals surface area contributed by atoms with Crippen LogP contribution in [0.15, 0.2) is 0 Å². The van der Waals surface area contributed by atoms with E-state index < -0.39 is 11.4 Å². The van der Waals surface area contributed by atoms with Crippen molar-refractivity contribution in [1.29, 1.82) is 0 Å². The first kappa shape index (κ1) is 7.10. The van der Waals surface area contributed by atoms with Gasteiger partial charge in [0.15, 0.2) is 0 Å². The van der Waals surface area contributed by atoms with E-state index in [0.29, 0.717) is 0 Å². The maximum Gasteiger partial charge on any atom is 0.311 e. The van der Waals surface area contributed by atoms with E-state index in [0.717, 1.165) is 32.1 Å². The summed E-state index contributed by atoms with van der Waals surface area (Å²) in [7, 11) is 0. The van der Waals surface area contributed by atoms with Crippen LogP contribution in [0.1, 0.15) is 32.1 Å². The molecule has 0 amide bonds. The summed E-state index contributed by atoms with van der Waals surface area (Å²) in [6.45, 7) is 0. The molecule has 0 aliphatic heterocycles. The lowest BCUT2D eigenvalue weighted by Crippen LogP contribution is -2.54. The Balaban J connectivity index is 2.23. The van der Waals surface area contributed by atoms with Gasteiger partial charge in [0.05, 0.1) is 5.41 Å². The molecule has 11 heavy (non-hydrogen) atoms. The van der Waals surface area contributed by atoms with Crippen molar-refractivity contribution in [3.8, 4) is 0 Å². The molecule has 0 saturated heterocycles. The molecule has 0 aromatic carbocycles.